The fraction of sp³-hybridized carbons (Fsp3) is 0.519. The highest BCUT2D eigenvalue weighted by atomic mass is 127. The summed E-state index contributed by atoms with van der Waals surface area (Å²) in [7, 11) is 3.39. The number of methoxy groups -OCH3 is 1. The molecule has 37 heavy (non-hydrogen) atoms. The first-order chi connectivity index (χ1) is 17.9. The van der Waals surface area contributed by atoms with Gasteiger partial charge >= 0.3 is 0 Å². The number of nitrogens with zero attached hydrogens (tertiary/aromatic N) is 3. The van der Waals surface area contributed by atoms with Crippen LogP contribution >= 0.6 is 22.6 Å². The molecule has 1 aromatic carbocycles. The third kappa shape index (κ3) is 6.28. The highest BCUT2D eigenvalue weighted by Crippen LogP contribution is 2.40. The van der Waals surface area contributed by atoms with Gasteiger partial charge in [0.2, 0.25) is 5.91 Å². The Balaban J connectivity index is 1.49. The molecule has 2 N–H and O–H groups in total. The van der Waals surface area contributed by atoms with Gasteiger partial charge in [0.25, 0.3) is 5.91 Å². The van der Waals surface area contributed by atoms with E-state index in [0.29, 0.717) is 42.0 Å². The molecule has 0 saturated heterocycles. The van der Waals surface area contributed by atoms with Gasteiger partial charge in [-0.15, -0.1) is 0 Å². The summed E-state index contributed by atoms with van der Waals surface area (Å²) in [6.45, 7) is 3.87. The predicted molar refractivity (Wildman–Crippen MR) is 155 cm³/mol. The lowest BCUT2D eigenvalue weighted by Crippen LogP contribution is -2.54. The predicted octanol–water partition coefficient (Wildman–Crippen LogP) is 4.52. The molecule has 0 unspecified atom stereocenters. The van der Waals surface area contributed by atoms with Gasteiger partial charge < -0.3 is 29.9 Å². The van der Waals surface area contributed by atoms with Crippen molar-refractivity contribution >= 4 is 57.4 Å². The van der Waals surface area contributed by atoms with E-state index in [1.165, 1.54) is 12.8 Å². The Morgan fingerprint density at radius 3 is 2.70 bits per heavy atom. The number of anilines is 4. The standard InChI is InChI=1S/C27H36IN5O4/c1-18-27(35)32(2)22-11-12-24(31-25(22)33(18)20-7-4-5-8-20)30-21-10-9-19(17-23(21)36-3)26(34)29-14-6-15-37-16-13-28/h9-12,17-18,20H,4-8,13-16H2,1-3H3,(H,29,34)(H,30,31)/t18-/m1/s1. The first kappa shape index (κ1) is 27.4. The first-order valence-corrected chi connectivity index (χ1v) is 14.4. The van der Waals surface area contributed by atoms with Crippen LogP contribution in [0.25, 0.3) is 0 Å². The lowest BCUT2D eigenvalue weighted by molar-refractivity contribution is -0.119. The lowest BCUT2D eigenvalue weighted by Gasteiger charge is -2.42. The number of alkyl halides is 1. The third-order valence-electron chi connectivity index (χ3n) is 6.98. The summed E-state index contributed by atoms with van der Waals surface area (Å²) in [4.78, 5) is 34.4. The molecule has 10 heteroatoms. The van der Waals surface area contributed by atoms with Crippen LogP contribution in [-0.4, -0.2) is 67.2 Å². The molecule has 1 atom stereocenters. The summed E-state index contributed by atoms with van der Waals surface area (Å²) in [5, 5.41) is 6.28. The molecule has 2 amide bonds. The van der Waals surface area contributed by atoms with Crippen molar-refractivity contribution in [3.8, 4) is 5.75 Å². The number of benzene rings is 1. The molecule has 1 aromatic heterocycles. The van der Waals surface area contributed by atoms with Crippen LogP contribution < -0.4 is 25.2 Å². The highest BCUT2D eigenvalue weighted by molar-refractivity contribution is 14.1. The number of halogens is 1. The van der Waals surface area contributed by atoms with Crippen LogP contribution in [0.5, 0.6) is 5.75 Å². The van der Waals surface area contributed by atoms with E-state index in [1.54, 1.807) is 24.1 Å². The van der Waals surface area contributed by atoms with Gasteiger partial charge in [0.05, 0.1) is 25.1 Å². The Labute approximate surface area is 232 Å². The zero-order valence-electron chi connectivity index (χ0n) is 21.8. The normalized spacial score (nSPS) is 17.6. The van der Waals surface area contributed by atoms with Gasteiger partial charge in [0.15, 0.2) is 5.82 Å². The van der Waals surface area contributed by atoms with Crippen molar-refractivity contribution in [2.24, 2.45) is 0 Å². The average molecular weight is 622 g/mol. The number of fused-ring (bicyclic) bond motifs is 1. The van der Waals surface area contributed by atoms with Crippen LogP contribution in [0.15, 0.2) is 30.3 Å². The summed E-state index contributed by atoms with van der Waals surface area (Å²) >= 11 is 2.27. The number of ether oxygens (including phenoxy) is 2. The van der Waals surface area contributed by atoms with Gasteiger partial charge in [-0.1, -0.05) is 35.4 Å². The minimum Gasteiger partial charge on any atom is -0.495 e. The number of amides is 2. The maximum Gasteiger partial charge on any atom is 0.251 e. The van der Waals surface area contributed by atoms with E-state index in [2.05, 4.69) is 38.1 Å². The van der Waals surface area contributed by atoms with E-state index in [4.69, 9.17) is 14.5 Å². The second-order valence-electron chi connectivity index (χ2n) is 9.41. The molecular weight excluding hydrogens is 585 g/mol. The molecular formula is C27H36IN5O4. The van der Waals surface area contributed by atoms with Gasteiger partial charge in [-0.2, -0.15) is 0 Å². The molecule has 0 bridgehead atoms. The smallest absolute Gasteiger partial charge is 0.251 e. The SMILES string of the molecule is COc1cc(C(=O)NCCCOCCI)ccc1Nc1ccc2c(n1)N(C1CCCC1)[C@H](C)C(=O)N2C. The number of aromatic nitrogens is 1. The zero-order chi connectivity index (χ0) is 26.4. The van der Waals surface area contributed by atoms with Crippen molar-refractivity contribution in [1.29, 1.82) is 0 Å². The van der Waals surface area contributed by atoms with E-state index in [1.807, 2.05) is 32.2 Å². The Morgan fingerprint density at radius 1 is 1.19 bits per heavy atom. The summed E-state index contributed by atoms with van der Waals surface area (Å²) in [6.07, 6.45) is 5.26. The van der Waals surface area contributed by atoms with Gasteiger partial charge in [-0.3, -0.25) is 9.59 Å². The molecule has 2 heterocycles. The Morgan fingerprint density at radius 2 is 1.97 bits per heavy atom. The lowest BCUT2D eigenvalue weighted by atomic mass is 10.1. The Hall–Kier alpha value is -2.60. The topological polar surface area (TPSA) is 96.0 Å². The van der Waals surface area contributed by atoms with Crippen molar-refractivity contribution in [2.75, 3.05) is 53.5 Å². The summed E-state index contributed by atoms with van der Waals surface area (Å²) < 4.78 is 12.0. The van der Waals surface area contributed by atoms with Gasteiger partial charge in [-0.05, 0) is 56.5 Å². The Kier molecular flexibility index (Phi) is 9.47. The highest BCUT2D eigenvalue weighted by Gasteiger charge is 2.39. The molecule has 1 fully saturated rings. The van der Waals surface area contributed by atoms with Crippen LogP contribution in [0.2, 0.25) is 0 Å². The number of carbonyl (C=O) groups is 2. The maximum atomic E-state index is 12.9. The number of pyridine rings is 1. The fourth-order valence-electron chi connectivity index (χ4n) is 5.04. The molecule has 2 aromatic rings. The molecule has 4 rings (SSSR count). The summed E-state index contributed by atoms with van der Waals surface area (Å²) in [5.41, 5.74) is 2.05. The van der Waals surface area contributed by atoms with Crippen molar-refractivity contribution < 1.29 is 19.1 Å². The zero-order valence-corrected chi connectivity index (χ0v) is 23.9. The molecule has 0 radical (unpaired) electrons. The summed E-state index contributed by atoms with van der Waals surface area (Å²) in [6, 6.07) is 9.19. The first-order valence-electron chi connectivity index (χ1n) is 12.9. The molecule has 1 saturated carbocycles. The number of nitrogens with one attached hydrogen (secondary N) is 2. The van der Waals surface area contributed by atoms with E-state index in [0.717, 1.165) is 41.8 Å². The van der Waals surface area contributed by atoms with E-state index < -0.39 is 0 Å². The van der Waals surface area contributed by atoms with Gasteiger partial charge in [0, 0.05) is 36.2 Å². The van der Waals surface area contributed by atoms with Crippen LogP contribution in [0.3, 0.4) is 0 Å². The van der Waals surface area contributed by atoms with E-state index in [-0.39, 0.29) is 17.9 Å². The van der Waals surface area contributed by atoms with Crippen LogP contribution in [-0.2, 0) is 9.53 Å². The molecule has 0 spiro atoms. The fourth-order valence-corrected chi connectivity index (χ4v) is 5.36. The second-order valence-corrected chi connectivity index (χ2v) is 10.5. The maximum absolute atomic E-state index is 12.9. The molecule has 1 aliphatic heterocycles. The van der Waals surface area contributed by atoms with Crippen LogP contribution in [0.4, 0.5) is 23.0 Å². The largest absolute Gasteiger partial charge is 0.495 e. The van der Waals surface area contributed by atoms with Crippen molar-refractivity contribution in [3.63, 3.8) is 0 Å². The number of rotatable bonds is 11. The molecule has 2 aliphatic rings. The Bertz CT molecular complexity index is 1110. The van der Waals surface area contributed by atoms with Gasteiger partial charge in [-0.25, -0.2) is 4.98 Å². The number of carbonyl (C=O) groups excluding carboxylic acids is 2. The van der Waals surface area contributed by atoms with E-state index >= 15 is 0 Å². The van der Waals surface area contributed by atoms with Crippen LogP contribution in [0, 0.1) is 0 Å². The number of hydrogen-bond acceptors (Lipinski definition) is 7. The van der Waals surface area contributed by atoms with E-state index in [9.17, 15) is 9.59 Å². The monoisotopic (exact) mass is 621 g/mol. The van der Waals surface area contributed by atoms with Crippen LogP contribution in [0.1, 0.15) is 49.4 Å². The van der Waals surface area contributed by atoms with Crippen molar-refractivity contribution in [1.82, 2.24) is 10.3 Å². The summed E-state index contributed by atoms with van der Waals surface area (Å²) in [5.74, 6) is 1.96. The quantitative estimate of drug-likeness (QED) is 0.217. The van der Waals surface area contributed by atoms with Crippen molar-refractivity contribution in [3.05, 3.63) is 35.9 Å². The third-order valence-corrected chi connectivity index (χ3v) is 7.42. The molecule has 200 valence electrons. The number of likely N-dealkylation sites (N-methyl/N-ethyl adjacent to an activating group) is 1. The molecule has 1 aliphatic carbocycles. The minimum absolute atomic E-state index is 0.0885. The average Bonchev–Trinajstić information content (AvgIpc) is 3.44. The minimum atomic E-state index is -0.256. The van der Waals surface area contributed by atoms with Crippen molar-refractivity contribution in [2.45, 2.75) is 51.1 Å². The second kappa shape index (κ2) is 12.8. The number of hydrogen-bond donors (Lipinski definition) is 2. The van der Waals surface area contributed by atoms with Gasteiger partial charge in [0.1, 0.15) is 17.6 Å². The molecule has 9 nitrogen and oxygen atoms in total.